The topological polar surface area (TPSA) is 121 Å². The first-order chi connectivity index (χ1) is 8.86. The summed E-state index contributed by atoms with van der Waals surface area (Å²) in [6.45, 7) is 0. The van der Waals surface area contributed by atoms with Gasteiger partial charge in [0.05, 0.1) is 5.69 Å². The Morgan fingerprint density at radius 3 is 2.21 bits per heavy atom. The quantitative estimate of drug-likeness (QED) is 0.731. The molecule has 6 N–H and O–H groups in total. The van der Waals surface area contributed by atoms with Gasteiger partial charge < -0.3 is 16.2 Å². The second-order valence-electron chi connectivity index (χ2n) is 3.92. The third-order valence-corrected chi connectivity index (χ3v) is 3.37. The zero-order valence-corrected chi connectivity index (χ0v) is 10.7. The van der Waals surface area contributed by atoms with E-state index >= 15 is 0 Å². The van der Waals surface area contributed by atoms with E-state index in [0.717, 1.165) is 0 Å². The smallest absolute Gasteiger partial charge is 0.240 e. The van der Waals surface area contributed by atoms with Crippen molar-refractivity contribution in [2.24, 2.45) is 5.14 Å². The Bertz CT molecular complexity index is 714. The van der Waals surface area contributed by atoms with Crippen LogP contribution < -0.4 is 21.3 Å². The standard InChI is InChI=1S/C12H13N3O3S/c13-8-2-1-3-9(6-8)18-10-4-5-12(11(14)7-10)19(15,16)17/h1-7H,13-14H2,(H2,15,16,17). The molecular weight excluding hydrogens is 266 g/mol. The molecule has 0 saturated carbocycles. The summed E-state index contributed by atoms with van der Waals surface area (Å²) < 4.78 is 27.9. The summed E-state index contributed by atoms with van der Waals surface area (Å²) in [5.41, 5.74) is 11.8. The summed E-state index contributed by atoms with van der Waals surface area (Å²) in [4.78, 5) is -0.132. The Kier molecular flexibility index (Phi) is 3.32. The highest BCUT2D eigenvalue weighted by Crippen LogP contribution is 2.27. The number of sulfonamides is 1. The third kappa shape index (κ3) is 3.15. The lowest BCUT2D eigenvalue weighted by Gasteiger charge is -2.09. The second-order valence-corrected chi connectivity index (χ2v) is 5.45. The molecule has 0 amide bonds. The number of hydrogen-bond acceptors (Lipinski definition) is 5. The Morgan fingerprint density at radius 2 is 1.63 bits per heavy atom. The molecule has 0 aliphatic carbocycles. The fraction of sp³-hybridized carbons (Fsp3) is 0. The van der Waals surface area contributed by atoms with Crippen LogP contribution in [0, 0.1) is 0 Å². The molecule has 7 heteroatoms. The Labute approximate surface area is 110 Å². The summed E-state index contributed by atoms with van der Waals surface area (Å²) in [7, 11) is -3.83. The van der Waals surface area contributed by atoms with Gasteiger partial charge in [0, 0.05) is 17.8 Å². The molecule has 2 rings (SSSR count). The highest BCUT2D eigenvalue weighted by molar-refractivity contribution is 7.89. The van der Waals surface area contributed by atoms with Crippen molar-refractivity contribution in [2.75, 3.05) is 11.5 Å². The van der Waals surface area contributed by atoms with Crippen LogP contribution in [0.15, 0.2) is 47.4 Å². The van der Waals surface area contributed by atoms with Gasteiger partial charge in [-0.05, 0) is 24.3 Å². The lowest BCUT2D eigenvalue weighted by atomic mass is 10.3. The summed E-state index contributed by atoms with van der Waals surface area (Å²) in [6, 6.07) is 11.0. The van der Waals surface area contributed by atoms with Gasteiger partial charge in [-0.25, -0.2) is 13.6 Å². The molecule has 2 aromatic rings. The van der Waals surface area contributed by atoms with E-state index in [-0.39, 0.29) is 10.6 Å². The van der Waals surface area contributed by atoms with Gasteiger partial charge in [0.25, 0.3) is 0 Å². The molecule has 0 atom stereocenters. The number of ether oxygens (including phenoxy) is 1. The fourth-order valence-electron chi connectivity index (χ4n) is 1.56. The van der Waals surface area contributed by atoms with Crippen LogP contribution in [0.25, 0.3) is 0 Å². The highest BCUT2D eigenvalue weighted by Gasteiger charge is 2.12. The molecule has 100 valence electrons. The van der Waals surface area contributed by atoms with Gasteiger partial charge in [0.1, 0.15) is 16.4 Å². The first kappa shape index (κ1) is 13.2. The molecule has 0 unspecified atom stereocenters. The highest BCUT2D eigenvalue weighted by atomic mass is 32.2. The van der Waals surface area contributed by atoms with Gasteiger partial charge in [-0.3, -0.25) is 0 Å². The van der Waals surface area contributed by atoms with E-state index in [0.29, 0.717) is 17.2 Å². The minimum Gasteiger partial charge on any atom is -0.457 e. The van der Waals surface area contributed by atoms with Gasteiger partial charge in [-0.15, -0.1) is 0 Å². The fourth-order valence-corrected chi connectivity index (χ4v) is 2.21. The summed E-state index contributed by atoms with van der Waals surface area (Å²) in [5.74, 6) is 0.929. The molecule has 0 heterocycles. The van der Waals surface area contributed by atoms with Gasteiger partial charge >= 0.3 is 0 Å². The van der Waals surface area contributed by atoms with Crippen molar-refractivity contribution in [1.82, 2.24) is 0 Å². The zero-order chi connectivity index (χ0) is 14.0. The van der Waals surface area contributed by atoms with E-state index in [4.69, 9.17) is 21.3 Å². The maximum Gasteiger partial charge on any atom is 0.240 e. The first-order valence-electron chi connectivity index (χ1n) is 5.32. The van der Waals surface area contributed by atoms with Crippen LogP contribution in [-0.2, 0) is 10.0 Å². The molecule has 0 bridgehead atoms. The van der Waals surface area contributed by atoms with E-state index < -0.39 is 10.0 Å². The second kappa shape index (κ2) is 4.79. The molecule has 0 saturated heterocycles. The third-order valence-electron chi connectivity index (χ3n) is 2.38. The monoisotopic (exact) mass is 279 g/mol. The van der Waals surface area contributed by atoms with E-state index in [2.05, 4.69) is 0 Å². The first-order valence-corrected chi connectivity index (χ1v) is 6.86. The maximum absolute atomic E-state index is 11.2. The predicted molar refractivity (Wildman–Crippen MR) is 73.2 cm³/mol. The Balaban J connectivity index is 2.31. The molecule has 19 heavy (non-hydrogen) atoms. The van der Waals surface area contributed by atoms with Crippen LogP contribution in [0.1, 0.15) is 0 Å². The number of anilines is 2. The molecule has 0 radical (unpaired) electrons. The predicted octanol–water partition coefficient (Wildman–Crippen LogP) is 1.29. The Morgan fingerprint density at radius 1 is 0.947 bits per heavy atom. The zero-order valence-electron chi connectivity index (χ0n) is 9.91. The number of benzene rings is 2. The molecule has 0 fully saturated rings. The van der Waals surface area contributed by atoms with E-state index in [9.17, 15) is 8.42 Å². The number of rotatable bonds is 3. The SMILES string of the molecule is Nc1cccc(Oc2ccc(S(N)(=O)=O)c(N)c2)c1. The van der Waals surface area contributed by atoms with E-state index in [1.165, 1.54) is 18.2 Å². The molecular formula is C12H13N3O3S. The normalized spacial score (nSPS) is 11.2. The van der Waals surface area contributed by atoms with E-state index in [1.54, 1.807) is 24.3 Å². The van der Waals surface area contributed by atoms with Crippen LogP contribution in [0.3, 0.4) is 0 Å². The minimum absolute atomic E-state index is 0.0314. The average molecular weight is 279 g/mol. The Hall–Kier alpha value is -2.25. The number of nitrogen functional groups attached to an aromatic ring is 2. The largest absolute Gasteiger partial charge is 0.457 e. The minimum atomic E-state index is -3.83. The van der Waals surface area contributed by atoms with Crippen molar-refractivity contribution in [1.29, 1.82) is 0 Å². The van der Waals surface area contributed by atoms with Crippen molar-refractivity contribution >= 4 is 21.4 Å². The maximum atomic E-state index is 11.2. The van der Waals surface area contributed by atoms with E-state index in [1.807, 2.05) is 0 Å². The van der Waals surface area contributed by atoms with Crippen LogP contribution in [0.2, 0.25) is 0 Å². The number of hydrogen-bond donors (Lipinski definition) is 3. The molecule has 0 aliphatic rings. The summed E-state index contributed by atoms with van der Waals surface area (Å²) in [6.07, 6.45) is 0. The lowest BCUT2D eigenvalue weighted by Crippen LogP contribution is -2.14. The lowest BCUT2D eigenvalue weighted by molar-refractivity contribution is 0.483. The van der Waals surface area contributed by atoms with Crippen molar-refractivity contribution in [3.8, 4) is 11.5 Å². The molecule has 0 aromatic heterocycles. The van der Waals surface area contributed by atoms with Crippen molar-refractivity contribution in [3.63, 3.8) is 0 Å². The van der Waals surface area contributed by atoms with Crippen LogP contribution >= 0.6 is 0 Å². The van der Waals surface area contributed by atoms with Gasteiger partial charge in [0.15, 0.2) is 0 Å². The molecule has 6 nitrogen and oxygen atoms in total. The van der Waals surface area contributed by atoms with Gasteiger partial charge in [0.2, 0.25) is 10.0 Å². The van der Waals surface area contributed by atoms with Crippen LogP contribution in [0.4, 0.5) is 11.4 Å². The molecule has 2 aromatic carbocycles. The van der Waals surface area contributed by atoms with Gasteiger partial charge in [-0.1, -0.05) is 6.07 Å². The van der Waals surface area contributed by atoms with Crippen molar-refractivity contribution < 1.29 is 13.2 Å². The number of nitrogens with two attached hydrogens (primary N) is 3. The molecule has 0 aliphatic heterocycles. The van der Waals surface area contributed by atoms with Crippen molar-refractivity contribution in [2.45, 2.75) is 4.90 Å². The van der Waals surface area contributed by atoms with Crippen molar-refractivity contribution in [3.05, 3.63) is 42.5 Å². The molecule has 0 spiro atoms. The van der Waals surface area contributed by atoms with Gasteiger partial charge in [-0.2, -0.15) is 0 Å². The summed E-state index contributed by atoms with van der Waals surface area (Å²) >= 11 is 0. The van der Waals surface area contributed by atoms with Crippen LogP contribution in [0.5, 0.6) is 11.5 Å². The average Bonchev–Trinajstić information content (AvgIpc) is 2.27. The number of primary sulfonamides is 1. The van der Waals surface area contributed by atoms with Crippen LogP contribution in [-0.4, -0.2) is 8.42 Å². The summed E-state index contributed by atoms with van der Waals surface area (Å²) in [5, 5.41) is 5.01.